The van der Waals surface area contributed by atoms with Gasteiger partial charge in [0.05, 0.1) is 12.1 Å². The minimum atomic E-state index is -1.00. The molecule has 0 aromatic heterocycles. The molecule has 3 unspecified atom stereocenters. The number of carbonyl (C=O) groups excluding carboxylic acids is 2. The number of likely N-dealkylation sites (tertiary alicyclic amines) is 1. The van der Waals surface area contributed by atoms with E-state index in [-0.39, 0.29) is 35.4 Å². The summed E-state index contributed by atoms with van der Waals surface area (Å²) in [5.41, 5.74) is -0.296. The molecule has 0 aromatic rings. The number of nitrogens with one attached hydrogen (secondary N) is 1. The van der Waals surface area contributed by atoms with Gasteiger partial charge in [-0.2, -0.15) is 0 Å². The summed E-state index contributed by atoms with van der Waals surface area (Å²) >= 11 is 0. The monoisotopic (exact) mass is 423 g/mol. The first kappa shape index (κ1) is 26.1. The predicted molar refractivity (Wildman–Crippen MR) is 119 cm³/mol. The van der Waals surface area contributed by atoms with Gasteiger partial charge in [0.15, 0.2) is 0 Å². The fraction of sp³-hybridized carbons (Fsp3) is 0.783. The SMILES string of the molecule is C/C(=C\[C@H](C(C)C)N(C)C(=O)C(NC(=O)C1CC(C)CCN1C)C(C)(C)C)C(=O)O. The second kappa shape index (κ2) is 10.4. The Bertz CT molecular complexity index is 666. The highest BCUT2D eigenvalue weighted by molar-refractivity contribution is 5.91. The molecule has 2 amide bonds. The van der Waals surface area contributed by atoms with E-state index in [0.717, 1.165) is 19.4 Å². The van der Waals surface area contributed by atoms with Gasteiger partial charge in [-0.15, -0.1) is 0 Å². The fourth-order valence-electron chi connectivity index (χ4n) is 3.88. The Hall–Kier alpha value is -1.89. The molecule has 1 rings (SSSR count). The van der Waals surface area contributed by atoms with Crippen LogP contribution in [0.2, 0.25) is 0 Å². The molecule has 0 bridgehead atoms. The molecule has 1 fully saturated rings. The van der Waals surface area contributed by atoms with Crippen LogP contribution in [0, 0.1) is 17.3 Å². The molecule has 1 aliphatic heterocycles. The van der Waals surface area contributed by atoms with Crippen LogP contribution in [0.1, 0.15) is 61.3 Å². The van der Waals surface area contributed by atoms with E-state index in [4.69, 9.17) is 0 Å². The van der Waals surface area contributed by atoms with Gasteiger partial charge in [-0.25, -0.2) is 4.79 Å². The number of nitrogens with zero attached hydrogens (tertiary/aromatic N) is 2. The normalized spacial score (nSPS) is 23.1. The van der Waals surface area contributed by atoms with Crippen molar-refractivity contribution in [2.45, 2.75) is 79.4 Å². The van der Waals surface area contributed by atoms with Crippen LogP contribution in [-0.2, 0) is 14.4 Å². The molecule has 1 saturated heterocycles. The van der Waals surface area contributed by atoms with Gasteiger partial charge in [0.25, 0.3) is 0 Å². The maximum atomic E-state index is 13.5. The number of rotatable bonds is 7. The Balaban J connectivity index is 3.12. The number of amides is 2. The van der Waals surface area contributed by atoms with Crippen LogP contribution in [0.25, 0.3) is 0 Å². The van der Waals surface area contributed by atoms with Crippen molar-refractivity contribution in [3.63, 3.8) is 0 Å². The summed E-state index contributed by atoms with van der Waals surface area (Å²) < 4.78 is 0. The molecular weight excluding hydrogens is 382 g/mol. The van der Waals surface area contributed by atoms with E-state index < -0.39 is 17.4 Å². The third kappa shape index (κ3) is 6.83. The first-order valence-corrected chi connectivity index (χ1v) is 10.9. The molecular formula is C23H41N3O4. The third-order valence-corrected chi connectivity index (χ3v) is 6.07. The van der Waals surface area contributed by atoms with Gasteiger partial charge in [0, 0.05) is 12.6 Å². The Morgan fingerprint density at radius 1 is 1.23 bits per heavy atom. The molecule has 4 atom stereocenters. The van der Waals surface area contributed by atoms with Crippen LogP contribution >= 0.6 is 0 Å². The van der Waals surface area contributed by atoms with E-state index in [1.165, 1.54) is 6.92 Å². The van der Waals surface area contributed by atoms with Crippen molar-refractivity contribution >= 4 is 17.8 Å². The number of piperidine rings is 1. The van der Waals surface area contributed by atoms with Crippen molar-refractivity contribution in [1.82, 2.24) is 15.1 Å². The number of likely N-dealkylation sites (N-methyl/N-ethyl adjacent to an activating group) is 2. The van der Waals surface area contributed by atoms with Gasteiger partial charge in [-0.1, -0.05) is 47.6 Å². The topological polar surface area (TPSA) is 90.0 Å². The second-order valence-corrected chi connectivity index (χ2v) is 10.3. The molecule has 7 nitrogen and oxygen atoms in total. The van der Waals surface area contributed by atoms with Crippen LogP contribution < -0.4 is 5.32 Å². The average Bonchev–Trinajstić information content (AvgIpc) is 2.63. The van der Waals surface area contributed by atoms with Crippen LogP contribution in [-0.4, -0.2) is 71.5 Å². The maximum Gasteiger partial charge on any atom is 0.331 e. The average molecular weight is 424 g/mol. The molecule has 0 spiro atoms. The number of carboxylic acid groups (broad SMARTS) is 1. The lowest BCUT2D eigenvalue weighted by atomic mass is 9.84. The van der Waals surface area contributed by atoms with Crippen molar-refractivity contribution in [3.8, 4) is 0 Å². The molecule has 0 aromatic carbocycles. The van der Waals surface area contributed by atoms with Crippen LogP contribution in [0.3, 0.4) is 0 Å². The third-order valence-electron chi connectivity index (χ3n) is 6.07. The lowest BCUT2D eigenvalue weighted by Gasteiger charge is -2.40. The summed E-state index contributed by atoms with van der Waals surface area (Å²) in [5.74, 6) is -0.844. The second-order valence-electron chi connectivity index (χ2n) is 10.3. The molecule has 172 valence electrons. The number of carboxylic acids is 1. The molecule has 0 radical (unpaired) electrons. The van der Waals surface area contributed by atoms with Gasteiger partial charge in [0.2, 0.25) is 11.8 Å². The zero-order chi connectivity index (χ0) is 23.4. The van der Waals surface area contributed by atoms with E-state index in [0.29, 0.717) is 5.92 Å². The Morgan fingerprint density at radius 3 is 2.27 bits per heavy atom. The number of hydrogen-bond donors (Lipinski definition) is 2. The van der Waals surface area contributed by atoms with Crippen molar-refractivity contribution in [3.05, 3.63) is 11.6 Å². The summed E-state index contributed by atoms with van der Waals surface area (Å²) in [6, 6.07) is -1.33. The first-order chi connectivity index (χ1) is 13.7. The maximum absolute atomic E-state index is 13.5. The quantitative estimate of drug-likeness (QED) is 0.615. The van der Waals surface area contributed by atoms with Crippen LogP contribution in [0.5, 0.6) is 0 Å². The summed E-state index contributed by atoms with van der Waals surface area (Å²) in [5, 5.41) is 12.3. The zero-order valence-corrected chi connectivity index (χ0v) is 20.2. The van der Waals surface area contributed by atoms with Crippen LogP contribution in [0.4, 0.5) is 0 Å². The van der Waals surface area contributed by atoms with E-state index in [9.17, 15) is 19.5 Å². The van der Waals surface area contributed by atoms with Gasteiger partial charge in [-0.05, 0) is 50.6 Å². The molecule has 0 aliphatic carbocycles. The minimum absolute atomic E-state index is 0.0231. The standard InChI is InChI=1S/C23H41N3O4/c1-14(2)17(13-16(4)22(29)30)26(9)21(28)19(23(5,6)7)24-20(27)18-12-15(3)10-11-25(18)8/h13-15,17-19H,10-12H2,1-9H3,(H,24,27)(H,29,30)/b16-13+/t15?,17-,18?,19?/m1/s1. The van der Waals surface area contributed by atoms with Crippen molar-refractivity contribution in [2.24, 2.45) is 17.3 Å². The first-order valence-electron chi connectivity index (χ1n) is 10.9. The summed E-state index contributed by atoms with van der Waals surface area (Å²) in [4.78, 5) is 41.5. The number of hydrogen-bond acceptors (Lipinski definition) is 4. The lowest BCUT2D eigenvalue weighted by molar-refractivity contribution is -0.141. The largest absolute Gasteiger partial charge is 0.478 e. The molecule has 1 aliphatic rings. The van der Waals surface area contributed by atoms with Gasteiger partial charge < -0.3 is 15.3 Å². The Kier molecular flexibility index (Phi) is 9.08. The molecule has 2 N–H and O–H groups in total. The van der Waals surface area contributed by atoms with Gasteiger partial charge >= 0.3 is 5.97 Å². The summed E-state index contributed by atoms with van der Waals surface area (Å²) in [6.07, 6.45) is 3.46. The highest BCUT2D eigenvalue weighted by Gasteiger charge is 2.39. The fourth-order valence-corrected chi connectivity index (χ4v) is 3.88. The highest BCUT2D eigenvalue weighted by atomic mass is 16.4. The Labute approximate surface area is 181 Å². The molecule has 7 heteroatoms. The molecule has 1 heterocycles. The van der Waals surface area contributed by atoms with Crippen molar-refractivity contribution in [1.29, 1.82) is 0 Å². The van der Waals surface area contributed by atoms with Gasteiger partial charge in [-0.3, -0.25) is 14.5 Å². The minimum Gasteiger partial charge on any atom is -0.478 e. The van der Waals surface area contributed by atoms with E-state index >= 15 is 0 Å². The summed E-state index contributed by atoms with van der Waals surface area (Å²) in [6.45, 7) is 14.2. The van der Waals surface area contributed by atoms with E-state index in [1.807, 2.05) is 41.7 Å². The Morgan fingerprint density at radius 2 is 1.80 bits per heavy atom. The molecule has 0 saturated carbocycles. The highest BCUT2D eigenvalue weighted by Crippen LogP contribution is 2.26. The number of carbonyl (C=O) groups is 3. The summed E-state index contributed by atoms with van der Waals surface area (Å²) in [7, 11) is 3.63. The molecule has 30 heavy (non-hydrogen) atoms. The smallest absolute Gasteiger partial charge is 0.331 e. The van der Waals surface area contributed by atoms with Crippen molar-refractivity contribution in [2.75, 3.05) is 20.6 Å². The zero-order valence-electron chi connectivity index (χ0n) is 20.2. The lowest BCUT2D eigenvalue weighted by Crippen LogP contribution is -2.60. The van der Waals surface area contributed by atoms with E-state index in [2.05, 4.69) is 17.1 Å². The van der Waals surface area contributed by atoms with E-state index in [1.54, 1.807) is 18.0 Å². The van der Waals surface area contributed by atoms with Gasteiger partial charge in [0.1, 0.15) is 6.04 Å². The van der Waals surface area contributed by atoms with Crippen molar-refractivity contribution < 1.29 is 19.5 Å². The predicted octanol–water partition coefficient (Wildman–Crippen LogP) is 2.76. The van der Waals surface area contributed by atoms with Crippen LogP contribution in [0.15, 0.2) is 11.6 Å². The number of aliphatic carboxylic acids is 1.